The zero-order valence-corrected chi connectivity index (χ0v) is 38.3. The van der Waals surface area contributed by atoms with Crippen molar-refractivity contribution in [2.75, 3.05) is 80.8 Å². The molecule has 0 fully saturated rings. The first kappa shape index (κ1) is 50.8. The summed E-state index contributed by atoms with van der Waals surface area (Å²) in [4.78, 5) is 24.8. The molecule has 4 aromatic rings. The van der Waals surface area contributed by atoms with Crippen LogP contribution in [0, 0.1) is 0 Å². The summed E-state index contributed by atoms with van der Waals surface area (Å²) in [5.41, 5.74) is 4.55. The van der Waals surface area contributed by atoms with E-state index in [9.17, 15) is 9.59 Å². The number of unbranched alkanes of at least 4 members (excludes halogenated alkanes) is 5. The molecule has 0 atom stereocenters. The Morgan fingerprint density at radius 1 is 0.414 bits per heavy atom. The first-order valence-electron chi connectivity index (χ1n) is 20.5. The minimum Gasteiger partial charge on any atom is -1.00 e. The molecule has 0 aromatic heterocycles. The van der Waals surface area contributed by atoms with Crippen LogP contribution in [0.4, 0.5) is 0 Å². The second-order valence-corrected chi connectivity index (χ2v) is 16.0. The van der Waals surface area contributed by atoms with E-state index >= 15 is 0 Å². The van der Waals surface area contributed by atoms with Crippen molar-refractivity contribution < 1.29 is 71.5 Å². The summed E-state index contributed by atoms with van der Waals surface area (Å²) in [5.74, 6) is -0.259. The van der Waals surface area contributed by atoms with E-state index in [1.54, 1.807) is 0 Å². The van der Waals surface area contributed by atoms with Crippen LogP contribution in [-0.4, -0.2) is 102 Å². The van der Waals surface area contributed by atoms with Crippen LogP contribution in [0.5, 0.6) is 0 Å². The lowest BCUT2D eigenvalue weighted by Gasteiger charge is -2.30. The lowest BCUT2D eigenvalue weighted by atomic mass is 10.0. The van der Waals surface area contributed by atoms with E-state index in [0.29, 0.717) is 48.2 Å². The van der Waals surface area contributed by atoms with E-state index < -0.39 is 0 Å². The number of esters is 2. The Balaban J connectivity index is 0.00000580. The molecule has 8 nitrogen and oxygen atoms in total. The van der Waals surface area contributed by atoms with Crippen LogP contribution in [0.25, 0.3) is 0 Å². The molecular formula is C48H66Br2N2O6. The summed E-state index contributed by atoms with van der Waals surface area (Å²) >= 11 is 0. The van der Waals surface area contributed by atoms with Gasteiger partial charge in [0.05, 0.1) is 41.4 Å². The molecule has 0 aliphatic carbocycles. The van der Waals surface area contributed by atoms with Crippen molar-refractivity contribution >= 4 is 11.9 Å². The molecule has 0 bridgehead atoms. The fourth-order valence-electron chi connectivity index (χ4n) is 6.54. The van der Waals surface area contributed by atoms with E-state index in [2.05, 4.69) is 76.7 Å². The zero-order chi connectivity index (χ0) is 39.9. The van der Waals surface area contributed by atoms with Gasteiger partial charge in [-0.3, -0.25) is 9.59 Å². The SMILES string of the molecule is C[N+](C)(CCOC(=O)CCCCCCCCC(=O)OCC[N+](C)(C)CCOC(c1ccccc1)c1ccccc1)CCOC(c1ccccc1)c1ccccc1.[Br-].[Br-]. The highest BCUT2D eigenvalue weighted by molar-refractivity contribution is 5.69. The zero-order valence-electron chi connectivity index (χ0n) is 35.1. The highest BCUT2D eigenvalue weighted by Gasteiger charge is 2.21. The molecule has 0 N–H and O–H groups in total. The van der Waals surface area contributed by atoms with Gasteiger partial charge in [0.25, 0.3) is 0 Å². The van der Waals surface area contributed by atoms with Gasteiger partial charge in [-0.1, -0.05) is 147 Å². The predicted molar refractivity (Wildman–Crippen MR) is 224 cm³/mol. The summed E-state index contributed by atoms with van der Waals surface area (Å²) in [6.45, 7) is 5.07. The maximum Gasteiger partial charge on any atom is 0.305 e. The summed E-state index contributed by atoms with van der Waals surface area (Å²) in [5, 5.41) is 0. The van der Waals surface area contributed by atoms with Gasteiger partial charge in [-0.15, -0.1) is 0 Å². The third-order valence-electron chi connectivity index (χ3n) is 10.3. The number of ether oxygens (including phenoxy) is 4. The quantitative estimate of drug-likeness (QED) is 0.0522. The molecule has 0 heterocycles. The minimum absolute atomic E-state index is 0. The third kappa shape index (κ3) is 20.1. The van der Waals surface area contributed by atoms with Crippen LogP contribution < -0.4 is 34.0 Å². The van der Waals surface area contributed by atoms with Gasteiger partial charge in [0.2, 0.25) is 0 Å². The van der Waals surface area contributed by atoms with E-state index in [1.165, 1.54) is 0 Å². The molecule has 0 aliphatic rings. The van der Waals surface area contributed by atoms with Crippen molar-refractivity contribution in [3.8, 4) is 0 Å². The van der Waals surface area contributed by atoms with Crippen molar-refractivity contribution in [2.24, 2.45) is 0 Å². The number of nitrogens with zero attached hydrogens (tertiary/aromatic N) is 2. The van der Waals surface area contributed by atoms with Gasteiger partial charge in [0.15, 0.2) is 0 Å². The van der Waals surface area contributed by atoms with Crippen LogP contribution in [0.15, 0.2) is 121 Å². The van der Waals surface area contributed by atoms with Gasteiger partial charge >= 0.3 is 11.9 Å². The number of benzene rings is 4. The summed E-state index contributed by atoms with van der Waals surface area (Å²) in [6, 6.07) is 41.2. The lowest BCUT2D eigenvalue weighted by molar-refractivity contribution is -0.891. The summed E-state index contributed by atoms with van der Waals surface area (Å²) < 4.78 is 25.4. The first-order valence-corrected chi connectivity index (χ1v) is 20.5. The number of hydrogen-bond acceptors (Lipinski definition) is 6. The molecule has 58 heavy (non-hydrogen) atoms. The average Bonchev–Trinajstić information content (AvgIpc) is 3.20. The Bertz CT molecular complexity index is 1460. The Kier molecular flexibility index (Phi) is 24.6. The molecule has 0 radical (unpaired) electrons. The number of quaternary nitrogens is 2. The standard InChI is InChI=1S/C48H66N2O6.2BrH/c1-49(2,35-39-55-47(41-23-13-9-14-24-41)42-25-15-10-16-26-42)33-37-53-45(51)31-21-7-5-6-8-22-32-46(52)54-38-34-50(3,4)36-40-56-48(43-27-17-11-18-28-43)44-29-19-12-20-30-44;;/h9-20,23-30,47-48H,5-8,21-22,31-40H2,1-4H3;2*1H/q+2;;/p-2. The maximum absolute atomic E-state index is 12.4. The highest BCUT2D eigenvalue weighted by atomic mass is 79.9. The summed E-state index contributed by atoms with van der Waals surface area (Å²) in [7, 11) is 8.57. The molecule has 0 aliphatic heterocycles. The van der Waals surface area contributed by atoms with Crippen LogP contribution >= 0.6 is 0 Å². The normalized spacial score (nSPS) is 11.5. The fourth-order valence-corrected chi connectivity index (χ4v) is 6.54. The Morgan fingerprint density at radius 3 is 0.966 bits per heavy atom. The number of halogens is 2. The fraction of sp³-hybridized carbons (Fsp3) is 0.458. The summed E-state index contributed by atoms with van der Waals surface area (Å²) in [6.07, 6.45) is 6.36. The molecule has 0 unspecified atom stereocenters. The van der Waals surface area contributed by atoms with Crippen LogP contribution in [-0.2, 0) is 28.5 Å². The van der Waals surface area contributed by atoms with E-state index in [0.717, 1.165) is 87.0 Å². The molecular weight excluding hydrogens is 860 g/mol. The number of likely N-dealkylation sites (N-methyl/N-ethyl adjacent to an activating group) is 2. The van der Waals surface area contributed by atoms with Crippen LogP contribution in [0.2, 0.25) is 0 Å². The van der Waals surface area contributed by atoms with Crippen LogP contribution in [0.1, 0.15) is 85.8 Å². The van der Waals surface area contributed by atoms with Crippen molar-refractivity contribution in [2.45, 2.75) is 63.6 Å². The average molecular weight is 927 g/mol. The number of carbonyl (C=O) groups is 2. The second kappa shape index (κ2) is 28.2. The van der Waals surface area contributed by atoms with Crippen molar-refractivity contribution in [1.82, 2.24) is 0 Å². The minimum atomic E-state index is -0.130. The molecule has 318 valence electrons. The number of hydrogen-bond donors (Lipinski definition) is 0. The van der Waals surface area contributed by atoms with Gasteiger partial charge in [-0.2, -0.15) is 0 Å². The molecule has 4 aromatic carbocycles. The van der Waals surface area contributed by atoms with Gasteiger partial charge < -0.3 is 61.9 Å². The Hall–Kier alpha value is -3.38. The van der Waals surface area contributed by atoms with E-state index in [-0.39, 0.29) is 58.1 Å². The molecule has 0 saturated heterocycles. The maximum atomic E-state index is 12.4. The molecule has 0 amide bonds. The topological polar surface area (TPSA) is 71.1 Å². The first-order chi connectivity index (χ1) is 27.1. The molecule has 0 saturated carbocycles. The number of carbonyl (C=O) groups excluding carboxylic acids is 2. The van der Waals surface area contributed by atoms with E-state index in [1.807, 2.05) is 72.8 Å². The van der Waals surface area contributed by atoms with Gasteiger partial charge in [0.1, 0.15) is 51.6 Å². The van der Waals surface area contributed by atoms with Crippen LogP contribution in [0.3, 0.4) is 0 Å². The van der Waals surface area contributed by atoms with Gasteiger partial charge in [-0.25, -0.2) is 0 Å². The van der Waals surface area contributed by atoms with Crippen molar-refractivity contribution in [3.05, 3.63) is 144 Å². The largest absolute Gasteiger partial charge is 1.00 e. The van der Waals surface area contributed by atoms with Crippen molar-refractivity contribution in [1.29, 1.82) is 0 Å². The molecule has 4 rings (SSSR count). The highest BCUT2D eigenvalue weighted by Crippen LogP contribution is 2.27. The predicted octanol–water partition coefficient (Wildman–Crippen LogP) is 2.97. The smallest absolute Gasteiger partial charge is 0.305 e. The molecule has 10 heteroatoms. The Labute approximate surface area is 369 Å². The number of rotatable bonds is 27. The second-order valence-electron chi connectivity index (χ2n) is 16.0. The van der Waals surface area contributed by atoms with E-state index in [4.69, 9.17) is 18.9 Å². The lowest BCUT2D eigenvalue weighted by Crippen LogP contribution is -3.00. The third-order valence-corrected chi connectivity index (χ3v) is 10.3. The Morgan fingerprint density at radius 2 is 0.672 bits per heavy atom. The monoisotopic (exact) mass is 924 g/mol. The van der Waals surface area contributed by atoms with Crippen molar-refractivity contribution in [3.63, 3.8) is 0 Å². The van der Waals surface area contributed by atoms with Gasteiger partial charge in [0, 0.05) is 12.8 Å². The molecule has 0 spiro atoms. The van der Waals surface area contributed by atoms with Gasteiger partial charge in [-0.05, 0) is 35.1 Å².